The third kappa shape index (κ3) is 6.59. The topological polar surface area (TPSA) is 103 Å². The van der Waals surface area contributed by atoms with Gasteiger partial charge in [0.2, 0.25) is 5.91 Å². The number of imidazole rings is 1. The van der Waals surface area contributed by atoms with Gasteiger partial charge in [-0.25, -0.2) is 9.59 Å². The van der Waals surface area contributed by atoms with E-state index in [4.69, 9.17) is 4.74 Å². The summed E-state index contributed by atoms with van der Waals surface area (Å²) in [5.41, 5.74) is 2.58. The third-order valence-corrected chi connectivity index (χ3v) is 9.62. The fourth-order valence-electron chi connectivity index (χ4n) is 7.16. The van der Waals surface area contributed by atoms with E-state index in [1.165, 1.54) is 32.4 Å². The second-order valence-electron chi connectivity index (χ2n) is 12.2. The average molecular weight is 589 g/mol. The number of piperidine rings is 3. The Morgan fingerprint density at radius 3 is 2.21 bits per heavy atom. The van der Waals surface area contributed by atoms with Gasteiger partial charge in [-0.05, 0) is 81.4 Å². The van der Waals surface area contributed by atoms with Gasteiger partial charge < -0.3 is 29.7 Å². The Labute approximate surface area is 253 Å². The van der Waals surface area contributed by atoms with Gasteiger partial charge in [-0.3, -0.25) is 9.36 Å². The molecule has 0 unspecified atom stereocenters. The molecule has 3 fully saturated rings. The molecule has 3 aromatic rings. The summed E-state index contributed by atoms with van der Waals surface area (Å²) in [6, 6.07) is 15.1. The Morgan fingerprint density at radius 1 is 0.860 bits per heavy atom. The minimum atomic E-state index is -0.651. The minimum absolute atomic E-state index is 0.0125. The van der Waals surface area contributed by atoms with Crippen LogP contribution in [0.4, 0.5) is 4.79 Å². The number of methoxy groups -OCH3 is 1. The monoisotopic (exact) mass is 588 g/mol. The van der Waals surface area contributed by atoms with Crippen molar-refractivity contribution >= 4 is 23.0 Å². The van der Waals surface area contributed by atoms with E-state index in [-0.39, 0.29) is 23.7 Å². The van der Waals surface area contributed by atoms with Gasteiger partial charge in [0.25, 0.3) is 0 Å². The molecule has 0 aliphatic carbocycles. The highest BCUT2D eigenvalue weighted by Gasteiger charge is 2.33. The van der Waals surface area contributed by atoms with Crippen LogP contribution in [0.5, 0.6) is 5.75 Å². The Bertz CT molecular complexity index is 1440. The number of fused-ring (bicyclic) bond motifs is 1. The number of rotatable bonds is 7. The molecule has 10 heteroatoms. The second-order valence-corrected chi connectivity index (χ2v) is 12.2. The summed E-state index contributed by atoms with van der Waals surface area (Å²) in [5.74, 6) is 0.745. The zero-order valence-electron chi connectivity index (χ0n) is 25.2. The maximum Gasteiger partial charge on any atom is 0.326 e. The van der Waals surface area contributed by atoms with Crippen LogP contribution in [0.15, 0.2) is 53.3 Å². The van der Waals surface area contributed by atoms with Crippen molar-refractivity contribution in [3.8, 4) is 5.75 Å². The first kappa shape index (κ1) is 29.3. The van der Waals surface area contributed by atoms with Crippen LogP contribution in [-0.4, -0.2) is 94.7 Å². The van der Waals surface area contributed by atoms with Crippen LogP contribution < -0.4 is 15.7 Å². The number of para-hydroxylation sites is 2. The molecule has 3 amide bonds. The number of aromatic nitrogens is 2. The number of carbonyl (C=O) groups is 2. The lowest BCUT2D eigenvalue weighted by Gasteiger charge is -2.41. The van der Waals surface area contributed by atoms with E-state index in [0.717, 1.165) is 48.3 Å². The average Bonchev–Trinajstić information content (AvgIpc) is 3.40. The number of amides is 3. The predicted molar refractivity (Wildman–Crippen MR) is 166 cm³/mol. The van der Waals surface area contributed by atoms with Crippen molar-refractivity contribution in [2.45, 2.75) is 69.5 Å². The van der Waals surface area contributed by atoms with Gasteiger partial charge in [0.1, 0.15) is 11.8 Å². The summed E-state index contributed by atoms with van der Waals surface area (Å²) in [7, 11) is 1.63. The van der Waals surface area contributed by atoms with Crippen molar-refractivity contribution in [2.75, 3.05) is 46.4 Å². The molecule has 43 heavy (non-hydrogen) atoms. The number of aromatic amines is 1. The fourth-order valence-corrected chi connectivity index (χ4v) is 7.16. The number of benzene rings is 2. The van der Waals surface area contributed by atoms with E-state index in [2.05, 4.69) is 15.2 Å². The van der Waals surface area contributed by atoms with Gasteiger partial charge in [-0.2, -0.15) is 0 Å². The first-order valence-corrected chi connectivity index (χ1v) is 15.9. The third-order valence-electron chi connectivity index (χ3n) is 9.62. The molecule has 10 nitrogen and oxygen atoms in total. The molecule has 2 N–H and O–H groups in total. The van der Waals surface area contributed by atoms with Crippen molar-refractivity contribution < 1.29 is 14.3 Å². The number of H-pyrrole nitrogens is 1. The number of urea groups is 1. The zero-order chi connectivity index (χ0) is 29.8. The molecule has 3 aliphatic heterocycles. The van der Waals surface area contributed by atoms with Gasteiger partial charge in [-0.1, -0.05) is 30.7 Å². The SMILES string of the molecule is COc1ccc(C[C@@H](NC(=O)N2CCC(n3c(=O)[nH]c4ccccc43)CC2)C(=O)N2CCC(N3CCCCC3)CC2)cc1. The molecule has 2 aromatic carbocycles. The molecular weight excluding hydrogens is 544 g/mol. The Hall–Kier alpha value is -3.79. The number of hydrogen-bond acceptors (Lipinski definition) is 5. The summed E-state index contributed by atoms with van der Waals surface area (Å²) in [6.07, 6.45) is 7.59. The van der Waals surface area contributed by atoms with Crippen molar-refractivity contribution in [1.82, 2.24) is 29.6 Å². The van der Waals surface area contributed by atoms with E-state index in [0.29, 0.717) is 38.4 Å². The standard InChI is InChI=1S/C33H44N6O4/c1-43-27-11-9-24(10-12-27)23-29(31(40)37-19-13-25(14-20-37)36-17-5-2-6-18-36)35-32(41)38-21-15-26(16-22-38)39-30-8-4-3-7-28(30)34-33(39)42/h3-4,7-12,25-26,29H,2,5-6,13-23H2,1H3,(H,34,42)(H,35,41)/t29-/m1/s1. The predicted octanol–water partition coefficient (Wildman–Crippen LogP) is 3.77. The van der Waals surface area contributed by atoms with Crippen LogP contribution in [0.2, 0.25) is 0 Å². The van der Waals surface area contributed by atoms with E-state index >= 15 is 0 Å². The first-order valence-electron chi connectivity index (χ1n) is 15.9. The highest BCUT2D eigenvalue weighted by molar-refractivity contribution is 5.87. The van der Waals surface area contributed by atoms with E-state index in [9.17, 15) is 14.4 Å². The van der Waals surface area contributed by atoms with Gasteiger partial charge in [0, 0.05) is 44.7 Å². The molecule has 3 aliphatic rings. The van der Waals surface area contributed by atoms with Crippen LogP contribution >= 0.6 is 0 Å². The van der Waals surface area contributed by atoms with Crippen molar-refractivity contribution in [1.29, 1.82) is 0 Å². The van der Waals surface area contributed by atoms with Crippen LogP contribution in [0.25, 0.3) is 11.0 Å². The van der Waals surface area contributed by atoms with Crippen LogP contribution in [0.3, 0.4) is 0 Å². The number of likely N-dealkylation sites (tertiary alicyclic amines) is 3. The number of nitrogens with one attached hydrogen (secondary N) is 2. The number of ether oxygens (including phenoxy) is 1. The van der Waals surface area contributed by atoms with Gasteiger partial charge in [0.05, 0.1) is 18.1 Å². The fraction of sp³-hybridized carbons (Fsp3) is 0.545. The first-order chi connectivity index (χ1) is 21.0. The zero-order valence-corrected chi connectivity index (χ0v) is 25.2. The summed E-state index contributed by atoms with van der Waals surface area (Å²) < 4.78 is 7.14. The maximum atomic E-state index is 13.9. The molecule has 0 bridgehead atoms. The van der Waals surface area contributed by atoms with Crippen LogP contribution in [-0.2, 0) is 11.2 Å². The molecule has 0 spiro atoms. The lowest BCUT2D eigenvalue weighted by atomic mass is 9.98. The number of nitrogens with zero attached hydrogens (tertiary/aromatic N) is 4. The van der Waals surface area contributed by atoms with Gasteiger partial charge >= 0.3 is 11.7 Å². The molecule has 230 valence electrons. The molecule has 3 saturated heterocycles. The van der Waals surface area contributed by atoms with Crippen molar-refractivity contribution in [3.63, 3.8) is 0 Å². The summed E-state index contributed by atoms with van der Waals surface area (Å²) in [6.45, 7) is 4.82. The van der Waals surface area contributed by atoms with Crippen molar-refractivity contribution in [3.05, 3.63) is 64.6 Å². The lowest BCUT2D eigenvalue weighted by molar-refractivity contribution is -0.134. The normalized spacial score (nSPS) is 19.8. The summed E-state index contributed by atoms with van der Waals surface area (Å²) in [5, 5.41) is 3.11. The molecule has 6 rings (SSSR count). The largest absolute Gasteiger partial charge is 0.497 e. The number of carbonyl (C=O) groups excluding carboxylic acids is 2. The van der Waals surface area contributed by atoms with E-state index in [1.54, 1.807) is 12.0 Å². The Kier molecular flexibility index (Phi) is 9.02. The molecule has 1 atom stereocenters. The number of hydrogen-bond donors (Lipinski definition) is 2. The van der Waals surface area contributed by atoms with Crippen LogP contribution in [0.1, 0.15) is 56.6 Å². The van der Waals surface area contributed by atoms with E-state index < -0.39 is 6.04 Å². The molecule has 0 radical (unpaired) electrons. The van der Waals surface area contributed by atoms with Gasteiger partial charge in [0.15, 0.2) is 0 Å². The Balaban J connectivity index is 1.10. The summed E-state index contributed by atoms with van der Waals surface area (Å²) >= 11 is 0. The molecular formula is C33H44N6O4. The molecule has 4 heterocycles. The van der Waals surface area contributed by atoms with E-state index in [1.807, 2.05) is 58.0 Å². The second kappa shape index (κ2) is 13.2. The lowest BCUT2D eigenvalue weighted by Crippen LogP contribution is -2.56. The smallest absolute Gasteiger partial charge is 0.326 e. The minimum Gasteiger partial charge on any atom is -0.497 e. The Morgan fingerprint density at radius 2 is 1.51 bits per heavy atom. The highest BCUT2D eigenvalue weighted by Crippen LogP contribution is 2.26. The maximum absolute atomic E-state index is 13.9. The van der Waals surface area contributed by atoms with Gasteiger partial charge in [-0.15, -0.1) is 0 Å². The summed E-state index contributed by atoms with van der Waals surface area (Å²) in [4.78, 5) is 49.5. The molecule has 0 saturated carbocycles. The van der Waals surface area contributed by atoms with Crippen molar-refractivity contribution in [2.24, 2.45) is 0 Å². The quantitative estimate of drug-likeness (QED) is 0.438. The molecule has 1 aromatic heterocycles. The van der Waals surface area contributed by atoms with Crippen LogP contribution in [0, 0.1) is 0 Å². The highest BCUT2D eigenvalue weighted by atomic mass is 16.5.